The number of nitrogens with two attached hydrogens (primary N) is 2. The molecule has 0 heterocycles. The van der Waals surface area contributed by atoms with Gasteiger partial charge in [0.05, 0.1) is 32.1 Å². The summed E-state index contributed by atoms with van der Waals surface area (Å²) in [7, 11) is -4.94. The van der Waals surface area contributed by atoms with Gasteiger partial charge < -0.3 is 30.4 Å². The molecule has 0 aliphatic rings. The van der Waals surface area contributed by atoms with E-state index < -0.39 is 33.7 Å². The summed E-state index contributed by atoms with van der Waals surface area (Å²) in [5, 5.41) is 22.0. The second kappa shape index (κ2) is 18.5. The van der Waals surface area contributed by atoms with Gasteiger partial charge in [-0.05, 0) is 0 Å². The van der Waals surface area contributed by atoms with Crippen LogP contribution in [-0.2, 0) is 19.7 Å². The molecule has 182 valence electrons. The van der Waals surface area contributed by atoms with Gasteiger partial charge in [0.25, 0.3) is 10.1 Å². The van der Waals surface area contributed by atoms with Crippen molar-refractivity contribution in [1.82, 2.24) is 0 Å². The van der Waals surface area contributed by atoms with E-state index in [0.717, 1.165) is 23.7 Å². The molecule has 0 aliphatic heterocycles. The first-order chi connectivity index (χ1) is 13.5. The first-order valence-corrected chi connectivity index (χ1v) is 12.0. The van der Waals surface area contributed by atoms with E-state index in [1.807, 2.05) is 0 Å². The largest absolute Gasteiger partial charge is 0.550 e. The van der Waals surface area contributed by atoms with E-state index >= 15 is 0 Å². The molecule has 10 heteroatoms. The Hall–Kier alpha value is -1.23. The lowest BCUT2D eigenvalue weighted by atomic mass is 10.2. The van der Waals surface area contributed by atoms with Crippen molar-refractivity contribution in [2.75, 3.05) is 26.2 Å². The van der Waals surface area contributed by atoms with Crippen molar-refractivity contribution in [3.05, 3.63) is 0 Å². The summed E-state index contributed by atoms with van der Waals surface area (Å²) in [6.07, 6.45) is -1.33. The van der Waals surface area contributed by atoms with Gasteiger partial charge in [-0.3, -0.25) is 4.55 Å². The topological polar surface area (TPSA) is 168 Å². The molecule has 5 N–H and O–H groups in total. The van der Waals surface area contributed by atoms with E-state index in [4.69, 9.17) is 4.55 Å². The fraction of sp³-hybridized carbons (Fsp3) is 0.900. The Morgan fingerprint density at radius 1 is 0.733 bits per heavy atom. The molecular formula is C20H44N2O7S. The van der Waals surface area contributed by atoms with Gasteiger partial charge in [0.2, 0.25) is 0 Å². The van der Waals surface area contributed by atoms with Crippen LogP contribution in [0.2, 0.25) is 0 Å². The molecule has 30 heavy (non-hydrogen) atoms. The fourth-order valence-corrected chi connectivity index (χ4v) is 2.58. The number of carboxylic acid groups (broad SMARTS) is 2. The number of hydrogen-bond donors (Lipinski definition) is 3. The van der Waals surface area contributed by atoms with Crippen molar-refractivity contribution in [2.45, 2.75) is 67.1 Å². The van der Waals surface area contributed by atoms with Crippen LogP contribution in [0.15, 0.2) is 0 Å². The lowest BCUT2D eigenvalue weighted by Gasteiger charge is -2.14. The summed E-state index contributed by atoms with van der Waals surface area (Å²) in [5.41, 5.74) is 0. The molecule has 0 bridgehead atoms. The van der Waals surface area contributed by atoms with E-state index in [1.54, 1.807) is 0 Å². The maximum Gasteiger partial charge on any atom is 0.273 e. The molecule has 9 nitrogen and oxygen atoms in total. The van der Waals surface area contributed by atoms with Gasteiger partial charge in [-0.1, -0.05) is 55.4 Å². The predicted molar refractivity (Wildman–Crippen MR) is 113 cm³/mol. The minimum atomic E-state index is -4.94. The molecule has 0 radical (unpaired) electrons. The molecule has 0 fully saturated rings. The third-order valence-corrected chi connectivity index (χ3v) is 4.60. The Bertz CT molecular complexity index is 513. The lowest BCUT2D eigenvalue weighted by molar-refractivity contribution is -0.664. The van der Waals surface area contributed by atoms with Gasteiger partial charge in [0, 0.05) is 36.1 Å². The first-order valence-electron chi connectivity index (χ1n) is 10.5. The smallest absolute Gasteiger partial charge is 0.273 e. The zero-order valence-corrected chi connectivity index (χ0v) is 20.7. The molecule has 1 unspecified atom stereocenters. The van der Waals surface area contributed by atoms with Gasteiger partial charge in [0.1, 0.15) is 5.25 Å². The second-order valence-corrected chi connectivity index (χ2v) is 10.6. The number of rotatable bonds is 12. The normalized spacial score (nSPS) is 12.3. The molecule has 0 aromatic carbocycles. The Morgan fingerprint density at radius 3 is 1.10 bits per heavy atom. The summed E-state index contributed by atoms with van der Waals surface area (Å²) >= 11 is 0. The van der Waals surface area contributed by atoms with Crippen LogP contribution in [0.25, 0.3) is 0 Å². The molecular weight excluding hydrogens is 412 g/mol. The number of aliphatic carboxylic acids is 2. The van der Waals surface area contributed by atoms with Gasteiger partial charge >= 0.3 is 0 Å². The Labute approximate surface area is 182 Å². The monoisotopic (exact) mass is 456 g/mol. The first kappa shape index (κ1) is 33.4. The highest BCUT2D eigenvalue weighted by Crippen LogP contribution is 2.01. The highest BCUT2D eigenvalue weighted by Gasteiger charge is 2.24. The van der Waals surface area contributed by atoms with Gasteiger partial charge in [-0.25, -0.2) is 0 Å². The third-order valence-electron chi connectivity index (χ3n) is 3.53. The number of quaternary nitrogens is 2. The van der Waals surface area contributed by atoms with Crippen LogP contribution in [0, 0.1) is 23.7 Å². The highest BCUT2D eigenvalue weighted by atomic mass is 32.2. The van der Waals surface area contributed by atoms with Crippen LogP contribution < -0.4 is 20.8 Å². The Balaban J connectivity index is -0.000000371. The third kappa shape index (κ3) is 29.0. The van der Waals surface area contributed by atoms with Gasteiger partial charge in [-0.15, -0.1) is 0 Å². The number of carbonyl (C=O) groups excluding carboxylic acids is 2. The van der Waals surface area contributed by atoms with Crippen molar-refractivity contribution in [3.8, 4) is 0 Å². The average molecular weight is 457 g/mol. The predicted octanol–water partition coefficient (Wildman–Crippen LogP) is -2.14. The van der Waals surface area contributed by atoms with Crippen LogP contribution >= 0.6 is 0 Å². The van der Waals surface area contributed by atoms with Crippen molar-refractivity contribution in [2.24, 2.45) is 23.7 Å². The Kier molecular flexibility index (Phi) is 20.6. The molecule has 1 atom stereocenters. The van der Waals surface area contributed by atoms with E-state index in [1.165, 1.54) is 26.2 Å². The van der Waals surface area contributed by atoms with E-state index in [2.05, 4.69) is 66.0 Å². The van der Waals surface area contributed by atoms with E-state index in [0.29, 0.717) is 0 Å². The standard InChI is InChI=1S/2C8H19N.C4H6O7S/c2*1-7(2)5-9-6-8(3)4;5-3(6)1-2(4(7)8)12(9,10)11/h2*7-9H,5-6H2,1-4H3;2H,1H2,(H,5,6)(H,7,8)(H,9,10,11). The zero-order valence-electron chi connectivity index (χ0n) is 19.9. The van der Waals surface area contributed by atoms with E-state index in [9.17, 15) is 28.2 Å². The zero-order chi connectivity index (χ0) is 24.5. The van der Waals surface area contributed by atoms with Crippen molar-refractivity contribution in [1.29, 1.82) is 0 Å². The van der Waals surface area contributed by atoms with E-state index in [-0.39, 0.29) is 0 Å². The molecule has 0 spiro atoms. The molecule has 0 saturated carbocycles. The van der Waals surface area contributed by atoms with Crippen molar-refractivity contribution in [3.63, 3.8) is 0 Å². The summed E-state index contributed by atoms with van der Waals surface area (Å²) in [4.78, 5) is 19.7. The fourth-order valence-electron chi connectivity index (χ4n) is 1.99. The molecule has 0 amide bonds. The molecule has 0 aromatic rings. The van der Waals surface area contributed by atoms with Crippen molar-refractivity contribution < 1.29 is 43.4 Å². The Morgan fingerprint density at radius 2 is 1.00 bits per heavy atom. The van der Waals surface area contributed by atoms with Crippen molar-refractivity contribution >= 4 is 22.1 Å². The second-order valence-electron chi connectivity index (χ2n) is 8.99. The molecule has 0 saturated heterocycles. The summed E-state index contributed by atoms with van der Waals surface area (Å²) in [6, 6.07) is 0. The number of carbonyl (C=O) groups is 2. The van der Waals surface area contributed by atoms with Crippen LogP contribution in [0.5, 0.6) is 0 Å². The van der Waals surface area contributed by atoms with Crippen LogP contribution in [0.1, 0.15) is 61.8 Å². The molecule has 0 aromatic heterocycles. The van der Waals surface area contributed by atoms with Crippen LogP contribution in [0.3, 0.4) is 0 Å². The minimum absolute atomic E-state index is 0.837. The van der Waals surface area contributed by atoms with Gasteiger partial charge in [0.15, 0.2) is 0 Å². The SMILES string of the molecule is CC(C)C[NH2+]CC(C)C.CC(C)C[NH2+]CC(C)C.O=C([O-])CC(C(=O)[O-])S(=O)(=O)O. The quantitative estimate of drug-likeness (QED) is 0.281. The molecule has 0 rings (SSSR count). The minimum Gasteiger partial charge on any atom is -0.550 e. The summed E-state index contributed by atoms with van der Waals surface area (Å²) in [6.45, 7) is 23.2. The highest BCUT2D eigenvalue weighted by molar-refractivity contribution is 7.87. The average Bonchev–Trinajstić information content (AvgIpc) is 2.51. The molecule has 0 aliphatic carbocycles. The maximum absolute atomic E-state index is 10.2. The maximum atomic E-state index is 10.2. The lowest BCUT2D eigenvalue weighted by Crippen LogP contribution is -2.86. The van der Waals surface area contributed by atoms with Gasteiger partial charge in [-0.2, -0.15) is 8.42 Å². The van der Waals surface area contributed by atoms with Crippen LogP contribution in [-0.4, -0.2) is 56.3 Å². The summed E-state index contributed by atoms with van der Waals surface area (Å²) in [5.74, 6) is -0.733. The number of hydrogen-bond acceptors (Lipinski definition) is 6. The summed E-state index contributed by atoms with van der Waals surface area (Å²) < 4.78 is 28.5. The van der Waals surface area contributed by atoms with Crippen LogP contribution in [0.4, 0.5) is 0 Å². The number of carboxylic acids is 2.